The largest absolute Gasteiger partial charge is 0.456 e. The van der Waals surface area contributed by atoms with Crippen LogP contribution in [0.1, 0.15) is 40.7 Å². The number of aromatic nitrogens is 2. The van der Waals surface area contributed by atoms with Crippen LogP contribution in [0, 0.1) is 5.82 Å². The average molecular weight is 461 g/mol. The minimum absolute atomic E-state index is 0.154. The van der Waals surface area contributed by atoms with Crippen molar-refractivity contribution in [3.8, 4) is 5.69 Å². The summed E-state index contributed by atoms with van der Waals surface area (Å²) in [6.45, 7) is 1.23. The van der Waals surface area contributed by atoms with Crippen LogP contribution in [0.15, 0.2) is 57.7 Å². The number of nitrogens with one attached hydrogen (secondary N) is 1. The molecule has 0 unspecified atom stereocenters. The number of rotatable bonds is 5. The fourth-order valence-electron chi connectivity index (χ4n) is 4.24. The molecule has 2 heterocycles. The molecule has 1 aliphatic rings. The summed E-state index contributed by atoms with van der Waals surface area (Å²) in [4.78, 5) is 36.3. The molecule has 0 saturated heterocycles. The molecule has 5 rings (SSSR count). The summed E-state index contributed by atoms with van der Waals surface area (Å²) in [6.07, 6.45) is 2.34. The van der Waals surface area contributed by atoms with Crippen LogP contribution in [0.3, 0.4) is 0 Å². The van der Waals surface area contributed by atoms with E-state index in [2.05, 4.69) is 10.4 Å². The molecule has 2 aromatic heterocycles. The van der Waals surface area contributed by atoms with Gasteiger partial charge in [-0.3, -0.25) is 4.79 Å². The number of carbonyl (C=O) groups excluding carboxylic acids is 2. The number of halogens is 1. The summed E-state index contributed by atoms with van der Waals surface area (Å²) in [5, 5.41) is 7.68. The van der Waals surface area contributed by atoms with E-state index in [0.717, 1.165) is 24.1 Å². The smallest absolute Gasteiger partial charge is 0.359 e. The van der Waals surface area contributed by atoms with Crippen molar-refractivity contribution in [1.82, 2.24) is 9.78 Å². The maximum atomic E-state index is 13.3. The summed E-state index contributed by atoms with van der Waals surface area (Å²) >= 11 is 0. The number of amides is 1. The molecule has 9 heteroatoms. The summed E-state index contributed by atoms with van der Waals surface area (Å²) in [5.74, 6) is -1.20. The number of hydrogen-bond acceptors (Lipinski definition) is 6. The highest BCUT2D eigenvalue weighted by molar-refractivity contribution is 5.92. The molecule has 8 nitrogen and oxygen atoms in total. The number of benzene rings is 2. The normalized spacial score (nSPS) is 12.5. The van der Waals surface area contributed by atoms with Gasteiger partial charge in [0.15, 0.2) is 5.69 Å². The fourth-order valence-corrected chi connectivity index (χ4v) is 4.24. The van der Waals surface area contributed by atoms with Crippen molar-refractivity contribution in [3.05, 3.63) is 87.3 Å². The van der Waals surface area contributed by atoms with Gasteiger partial charge < -0.3 is 14.5 Å². The van der Waals surface area contributed by atoms with Crippen LogP contribution in [0.5, 0.6) is 0 Å². The number of ether oxygens (including phenoxy) is 1. The molecule has 2 aromatic carbocycles. The van der Waals surface area contributed by atoms with E-state index < -0.39 is 11.6 Å². The molecule has 0 radical (unpaired) electrons. The van der Waals surface area contributed by atoms with E-state index in [1.54, 1.807) is 35.0 Å². The number of anilines is 1. The minimum Gasteiger partial charge on any atom is -0.456 e. The molecule has 0 spiro atoms. The lowest BCUT2D eigenvalue weighted by atomic mass is 10.1. The highest BCUT2D eigenvalue weighted by Gasteiger charge is 2.28. The summed E-state index contributed by atoms with van der Waals surface area (Å²) in [7, 11) is 0. The maximum Gasteiger partial charge on any atom is 0.359 e. The third-order valence-electron chi connectivity index (χ3n) is 5.70. The Morgan fingerprint density at radius 3 is 2.71 bits per heavy atom. The predicted octanol–water partition coefficient (Wildman–Crippen LogP) is 3.92. The van der Waals surface area contributed by atoms with Gasteiger partial charge in [0.05, 0.1) is 5.69 Å². The Hall–Kier alpha value is -4.27. The molecule has 0 fully saturated rings. The van der Waals surface area contributed by atoms with Crippen molar-refractivity contribution in [2.24, 2.45) is 0 Å². The van der Waals surface area contributed by atoms with E-state index in [1.165, 1.54) is 25.1 Å². The van der Waals surface area contributed by atoms with E-state index in [1.807, 2.05) is 0 Å². The molecule has 1 aliphatic carbocycles. The van der Waals surface area contributed by atoms with Gasteiger partial charge in [-0.05, 0) is 55.7 Å². The Labute approximate surface area is 193 Å². The van der Waals surface area contributed by atoms with Crippen molar-refractivity contribution >= 4 is 28.5 Å². The number of nitrogens with zero attached hydrogens (tertiary/aromatic N) is 2. The van der Waals surface area contributed by atoms with Gasteiger partial charge >= 0.3 is 11.6 Å². The fraction of sp³-hybridized carbons (Fsp3) is 0.200. The second-order valence-corrected chi connectivity index (χ2v) is 8.07. The molecule has 172 valence electrons. The molecule has 0 atom stereocenters. The molecule has 4 aromatic rings. The average Bonchev–Trinajstić information content (AvgIpc) is 3.40. The van der Waals surface area contributed by atoms with Gasteiger partial charge in [-0.2, -0.15) is 5.10 Å². The molecule has 1 N–H and O–H groups in total. The van der Waals surface area contributed by atoms with Gasteiger partial charge in [0.25, 0.3) is 0 Å². The SMILES string of the molecule is CC(=O)Nc1ccc2c(COC(=O)c3nn(-c4ccc(F)cc4)c4c3CCC4)cc(=O)oc2c1. The zero-order chi connectivity index (χ0) is 23.8. The summed E-state index contributed by atoms with van der Waals surface area (Å²) in [5.41, 5.74) is 3.26. The van der Waals surface area contributed by atoms with Crippen molar-refractivity contribution in [1.29, 1.82) is 0 Å². The third-order valence-corrected chi connectivity index (χ3v) is 5.70. The van der Waals surface area contributed by atoms with E-state index >= 15 is 0 Å². The van der Waals surface area contributed by atoms with Crippen molar-refractivity contribution in [3.63, 3.8) is 0 Å². The number of hydrogen-bond donors (Lipinski definition) is 1. The standard InChI is InChI=1S/C25H20FN3O5/c1-14(30)27-17-7-10-19-15(11-23(31)34-22(19)12-17)13-33-25(32)24-20-3-2-4-21(20)29(28-24)18-8-5-16(26)6-9-18/h5-12H,2-4,13H2,1H3,(H,27,30). The summed E-state index contributed by atoms with van der Waals surface area (Å²) in [6, 6.07) is 12.1. The van der Waals surface area contributed by atoms with E-state index in [9.17, 15) is 18.8 Å². The van der Waals surface area contributed by atoms with Crippen LogP contribution in [0.25, 0.3) is 16.7 Å². The van der Waals surface area contributed by atoms with Crippen molar-refractivity contribution in [2.75, 3.05) is 5.32 Å². The first-order valence-electron chi connectivity index (χ1n) is 10.8. The van der Waals surface area contributed by atoms with Crippen LogP contribution in [0.4, 0.5) is 10.1 Å². The zero-order valence-electron chi connectivity index (χ0n) is 18.3. The lowest BCUT2D eigenvalue weighted by Crippen LogP contribution is -2.11. The van der Waals surface area contributed by atoms with Gasteiger partial charge in [0.1, 0.15) is 18.0 Å². The molecule has 1 amide bonds. The Kier molecular flexibility index (Phi) is 5.45. The minimum atomic E-state index is -0.602. The van der Waals surface area contributed by atoms with Crippen LogP contribution >= 0.6 is 0 Å². The highest BCUT2D eigenvalue weighted by Crippen LogP contribution is 2.29. The third kappa shape index (κ3) is 4.07. The second kappa shape index (κ2) is 8.58. The Bertz CT molecular complexity index is 1490. The Morgan fingerprint density at radius 2 is 1.94 bits per heavy atom. The monoisotopic (exact) mass is 461 g/mol. The van der Waals surface area contributed by atoms with Gasteiger partial charge in [-0.15, -0.1) is 0 Å². The molecule has 0 aliphatic heterocycles. The number of fused-ring (bicyclic) bond motifs is 2. The quantitative estimate of drug-likeness (QED) is 0.357. The van der Waals surface area contributed by atoms with Gasteiger partial charge in [-0.1, -0.05) is 0 Å². The maximum absolute atomic E-state index is 13.3. The lowest BCUT2D eigenvalue weighted by Gasteiger charge is -2.08. The van der Waals surface area contributed by atoms with Gasteiger partial charge in [0, 0.05) is 47.0 Å². The van der Waals surface area contributed by atoms with E-state index in [0.29, 0.717) is 28.7 Å². The Balaban J connectivity index is 1.42. The first kappa shape index (κ1) is 21.6. The highest BCUT2D eigenvalue weighted by atomic mass is 19.1. The van der Waals surface area contributed by atoms with E-state index in [-0.39, 0.29) is 29.6 Å². The van der Waals surface area contributed by atoms with Crippen molar-refractivity contribution in [2.45, 2.75) is 32.8 Å². The first-order valence-corrected chi connectivity index (χ1v) is 10.8. The molecule has 34 heavy (non-hydrogen) atoms. The molecular formula is C25H20FN3O5. The Morgan fingerprint density at radius 1 is 1.15 bits per heavy atom. The molecular weight excluding hydrogens is 441 g/mol. The summed E-state index contributed by atoms with van der Waals surface area (Å²) < 4.78 is 25.8. The molecule has 0 bridgehead atoms. The van der Waals surface area contributed by atoms with Crippen LogP contribution in [-0.4, -0.2) is 21.7 Å². The van der Waals surface area contributed by atoms with Gasteiger partial charge in [0.2, 0.25) is 5.91 Å². The van der Waals surface area contributed by atoms with Crippen LogP contribution in [0.2, 0.25) is 0 Å². The van der Waals surface area contributed by atoms with Gasteiger partial charge in [-0.25, -0.2) is 18.7 Å². The van der Waals surface area contributed by atoms with E-state index in [4.69, 9.17) is 9.15 Å². The zero-order valence-corrected chi connectivity index (χ0v) is 18.3. The van der Waals surface area contributed by atoms with Crippen molar-refractivity contribution < 1.29 is 23.1 Å². The first-order chi connectivity index (χ1) is 16.4. The van der Waals surface area contributed by atoms with Crippen LogP contribution in [-0.2, 0) is 29.0 Å². The van der Waals surface area contributed by atoms with Crippen LogP contribution < -0.4 is 10.9 Å². The second-order valence-electron chi connectivity index (χ2n) is 8.07. The molecule has 0 saturated carbocycles. The topological polar surface area (TPSA) is 103 Å². The number of carbonyl (C=O) groups is 2. The lowest BCUT2D eigenvalue weighted by molar-refractivity contribution is -0.114. The predicted molar refractivity (Wildman–Crippen MR) is 121 cm³/mol. The number of esters is 1.